The summed E-state index contributed by atoms with van der Waals surface area (Å²) < 4.78 is 11.6. The maximum atomic E-state index is 12.4. The molecule has 0 bridgehead atoms. The minimum atomic E-state index is -0.319. The van der Waals surface area contributed by atoms with Gasteiger partial charge in [0, 0.05) is 39.0 Å². The van der Waals surface area contributed by atoms with Crippen LogP contribution in [0, 0.1) is 13.8 Å². The van der Waals surface area contributed by atoms with E-state index in [9.17, 15) is 4.79 Å². The smallest absolute Gasteiger partial charge is 0.253 e. The average Bonchev–Trinajstić information content (AvgIpc) is 2.59. The maximum Gasteiger partial charge on any atom is 0.253 e. The molecule has 1 amide bonds. The summed E-state index contributed by atoms with van der Waals surface area (Å²) in [5.41, 5.74) is 2.52. The summed E-state index contributed by atoms with van der Waals surface area (Å²) in [7, 11) is 0. The van der Waals surface area contributed by atoms with Crippen LogP contribution in [0.15, 0.2) is 18.2 Å². The molecule has 2 aliphatic rings. The Morgan fingerprint density at radius 2 is 2.04 bits per heavy atom. The molecule has 1 N–H and O–H groups in total. The highest BCUT2D eigenvalue weighted by Gasteiger charge is 2.30. The van der Waals surface area contributed by atoms with Crippen LogP contribution in [0.25, 0.3) is 0 Å². The molecule has 0 aliphatic carbocycles. The van der Waals surface area contributed by atoms with Crippen molar-refractivity contribution in [1.82, 2.24) is 10.2 Å². The number of aryl methyl sites for hydroxylation is 2. The number of benzene rings is 1. The average molecular weight is 318 g/mol. The fraction of sp³-hybridized carbons (Fsp3) is 0.611. The third-order valence-corrected chi connectivity index (χ3v) is 4.74. The summed E-state index contributed by atoms with van der Waals surface area (Å²) >= 11 is 0. The van der Waals surface area contributed by atoms with Crippen LogP contribution in [0.2, 0.25) is 0 Å². The van der Waals surface area contributed by atoms with Crippen molar-refractivity contribution >= 4 is 5.91 Å². The molecule has 3 rings (SSSR count). The molecule has 126 valence electrons. The highest BCUT2D eigenvalue weighted by atomic mass is 16.5. The van der Waals surface area contributed by atoms with Crippen LogP contribution in [0.3, 0.4) is 0 Å². The molecule has 2 fully saturated rings. The summed E-state index contributed by atoms with van der Waals surface area (Å²) in [6, 6.07) is 6.21. The van der Waals surface area contributed by atoms with Crippen LogP contribution < -0.4 is 10.1 Å². The summed E-state index contributed by atoms with van der Waals surface area (Å²) in [5, 5.41) is 3.21. The van der Waals surface area contributed by atoms with Gasteiger partial charge in [0.05, 0.1) is 6.61 Å². The van der Waals surface area contributed by atoms with Crippen LogP contribution >= 0.6 is 0 Å². The van der Waals surface area contributed by atoms with Crippen LogP contribution in [0.1, 0.15) is 24.0 Å². The van der Waals surface area contributed by atoms with Gasteiger partial charge in [-0.2, -0.15) is 0 Å². The number of likely N-dealkylation sites (tertiary alicyclic amines) is 1. The third-order valence-electron chi connectivity index (χ3n) is 4.74. The van der Waals surface area contributed by atoms with Crippen molar-refractivity contribution < 1.29 is 14.3 Å². The van der Waals surface area contributed by atoms with Gasteiger partial charge in [-0.3, -0.25) is 4.79 Å². The van der Waals surface area contributed by atoms with Gasteiger partial charge >= 0.3 is 0 Å². The molecule has 5 heteroatoms. The number of piperidine rings is 1. The number of hydrogen-bond donors (Lipinski definition) is 1. The lowest BCUT2D eigenvalue weighted by Crippen LogP contribution is -2.52. The van der Waals surface area contributed by atoms with E-state index >= 15 is 0 Å². The van der Waals surface area contributed by atoms with Crippen molar-refractivity contribution in [3.05, 3.63) is 29.3 Å². The molecular formula is C18H26N2O3. The van der Waals surface area contributed by atoms with Gasteiger partial charge in [0.25, 0.3) is 5.91 Å². The Labute approximate surface area is 137 Å². The van der Waals surface area contributed by atoms with Gasteiger partial charge in [0.15, 0.2) is 0 Å². The lowest BCUT2D eigenvalue weighted by Gasteiger charge is -2.35. The molecular weight excluding hydrogens is 292 g/mol. The van der Waals surface area contributed by atoms with Crippen molar-refractivity contribution in [3.8, 4) is 5.75 Å². The Balaban J connectivity index is 1.49. The number of nitrogens with zero attached hydrogens (tertiary/aromatic N) is 1. The van der Waals surface area contributed by atoms with Crippen molar-refractivity contribution in [2.75, 3.05) is 32.8 Å². The quantitative estimate of drug-likeness (QED) is 0.921. The van der Waals surface area contributed by atoms with E-state index in [1.54, 1.807) is 0 Å². The van der Waals surface area contributed by atoms with Crippen molar-refractivity contribution in [2.45, 2.75) is 38.9 Å². The maximum absolute atomic E-state index is 12.4. The first-order valence-corrected chi connectivity index (χ1v) is 8.48. The SMILES string of the molecule is Cc1ccc(OC2CCN(C(=O)[C@H]3CNCCO3)CC2)cc1C. The zero-order chi connectivity index (χ0) is 16.2. The lowest BCUT2D eigenvalue weighted by atomic mass is 10.1. The molecule has 2 aliphatic heterocycles. The molecule has 0 radical (unpaired) electrons. The summed E-state index contributed by atoms with van der Waals surface area (Å²) in [4.78, 5) is 14.3. The molecule has 0 spiro atoms. The first kappa shape index (κ1) is 16.3. The molecule has 0 saturated carbocycles. The van der Waals surface area contributed by atoms with E-state index in [1.165, 1.54) is 11.1 Å². The van der Waals surface area contributed by atoms with Crippen LogP contribution in [-0.2, 0) is 9.53 Å². The van der Waals surface area contributed by atoms with Gasteiger partial charge in [0.1, 0.15) is 18.0 Å². The molecule has 0 unspecified atom stereocenters. The summed E-state index contributed by atoms with van der Waals surface area (Å²) in [6.07, 6.45) is 1.62. The van der Waals surface area contributed by atoms with E-state index in [2.05, 4.69) is 31.3 Å². The largest absolute Gasteiger partial charge is 0.490 e. The first-order valence-electron chi connectivity index (χ1n) is 8.48. The fourth-order valence-corrected chi connectivity index (χ4v) is 3.10. The minimum absolute atomic E-state index is 0.113. The van der Waals surface area contributed by atoms with Gasteiger partial charge < -0.3 is 19.7 Å². The van der Waals surface area contributed by atoms with E-state index in [0.29, 0.717) is 13.2 Å². The van der Waals surface area contributed by atoms with Crippen molar-refractivity contribution in [2.24, 2.45) is 0 Å². The Bertz CT molecular complexity index is 547. The predicted octanol–water partition coefficient (Wildman–Crippen LogP) is 1.66. The van der Waals surface area contributed by atoms with E-state index in [0.717, 1.165) is 38.2 Å². The number of nitrogens with one attached hydrogen (secondary N) is 1. The van der Waals surface area contributed by atoms with E-state index < -0.39 is 0 Å². The van der Waals surface area contributed by atoms with Crippen molar-refractivity contribution in [3.63, 3.8) is 0 Å². The van der Waals surface area contributed by atoms with Crippen LogP contribution in [0.5, 0.6) is 5.75 Å². The molecule has 1 aromatic carbocycles. The number of rotatable bonds is 3. The fourth-order valence-electron chi connectivity index (χ4n) is 3.10. The second kappa shape index (κ2) is 7.32. The predicted molar refractivity (Wildman–Crippen MR) is 88.8 cm³/mol. The standard InChI is InChI=1S/C18H26N2O3/c1-13-3-4-16(11-14(13)2)23-15-5-8-20(9-6-15)18(21)17-12-19-7-10-22-17/h3-4,11,15,17,19H,5-10,12H2,1-2H3/t17-/m1/s1. The molecule has 2 saturated heterocycles. The van der Waals surface area contributed by atoms with E-state index in [4.69, 9.17) is 9.47 Å². The Morgan fingerprint density at radius 3 is 2.70 bits per heavy atom. The number of carbonyl (C=O) groups excluding carboxylic acids is 1. The normalized spacial score (nSPS) is 22.9. The molecule has 2 heterocycles. The zero-order valence-electron chi connectivity index (χ0n) is 14.0. The monoisotopic (exact) mass is 318 g/mol. The second-order valence-electron chi connectivity index (χ2n) is 6.45. The van der Waals surface area contributed by atoms with Gasteiger partial charge in [-0.05, 0) is 37.1 Å². The van der Waals surface area contributed by atoms with E-state index in [-0.39, 0.29) is 18.1 Å². The lowest BCUT2D eigenvalue weighted by molar-refractivity contribution is -0.147. The summed E-state index contributed by atoms with van der Waals surface area (Å²) in [6.45, 7) is 7.76. The van der Waals surface area contributed by atoms with Crippen molar-refractivity contribution in [1.29, 1.82) is 0 Å². The molecule has 1 aromatic rings. The van der Waals surface area contributed by atoms with Crippen LogP contribution in [-0.4, -0.2) is 55.8 Å². The minimum Gasteiger partial charge on any atom is -0.490 e. The zero-order valence-corrected chi connectivity index (χ0v) is 14.0. The Morgan fingerprint density at radius 1 is 1.26 bits per heavy atom. The van der Waals surface area contributed by atoms with Gasteiger partial charge in [-0.25, -0.2) is 0 Å². The number of morpholine rings is 1. The second-order valence-corrected chi connectivity index (χ2v) is 6.45. The van der Waals surface area contributed by atoms with Gasteiger partial charge in [-0.1, -0.05) is 6.07 Å². The van der Waals surface area contributed by atoms with Crippen LogP contribution in [0.4, 0.5) is 0 Å². The number of hydrogen-bond acceptors (Lipinski definition) is 4. The number of ether oxygens (including phenoxy) is 2. The molecule has 23 heavy (non-hydrogen) atoms. The number of carbonyl (C=O) groups is 1. The molecule has 1 atom stereocenters. The Hall–Kier alpha value is -1.59. The highest BCUT2D eigenvalue weighted by Crippen LogP contribution is 2.22. The first-order chi connectivity index (χ1) is 11.1. The summed E-state index contributed by atoms with van der Waals surface area (Å²) in [5.74, 6) is 1.04. The van der Waals surface area contributed by atoms with Gasteiger partial charge in [-0.15, -0.1) is 0 Å². The topological polar surface area (TPSA) is 50.8 Å². The molecule has 0 aromatic heterocycles. The third kappa shape index (κ3) is 4.03. The van der Waals surface area contributed by atoms with E-state index in [1.807, 2.05) is 11.0 Å². The molecule has 5 nitrogen and oxygen atoms in total. The Kier molecular flexibility index (Phi) is 5.18. The van der Waals surface area contributed by atoms with Gasteiger partial charge in [0.2, 0.25) is 0 Å². The highest BCUT2D eigenvalue weighted by molar-refractivity contribution is 5.81. The number of amides is 1.